The quantitative estimate of drug-likeness (QED) is 0.882. The van der Waals surface area contributed by atoms with Crippen molar-refractivity contribution in [3.05, 3.63) is 20.8 Å². The van der Waals surface area contributed by atoms with Gasteiger partial charge in [0.15, 0.2) is 0 Å². The van der Waals surface area contributed by atoms with Gasteiger partial charge in [-0.25, -0.2) is 0 Å². The van der Waals surface area contributed by atoms with Crippen LogP contribution < -0.4 is 5.32 Å². The van der Waals surface area contributed by atoms with Crippen LogP contribution in [0.3, 0.4) is 0 Å². The van der Waals surface area contributed by atoms with Crippen LogP contribution in [0.5, 0.6) is 0 Å². The van der Waals surface area contributed by atoms with E-state index in [1.54, 1.807) is 18.4 Å². The maximum atomic E-state index is 5.03. The molecule has 4 heteroatoms. The normalized spacial score (nSPS) is 13.2. The van der Waals surface area contributed by atoms with Gasteiger partial charge in [-0.3, -0.25) is 0 Å². The molecule has 0 saturated heterocycles. The SMILES string of the molecule is COC[C@@H](C)NCc1ccc(Br)s1. The monoisotopic (exact) mass is 263 g/mol. The molecular weight excluding hydrogens is 250 g/mol. The Labute approximate surface area is 91.4 Å². The lowest BCUT2D eigenvalue weighted by Crippen LogP contribution is -2.29. The van der Waals surface area contributed by atoms with Crippen LogP contribution >= 0.6 is 27.3 Å². The molecule has 0 aliphatic heterocycles. The minimum atomic E-state index is 0.408. The highest BCUT2D eigenvalue weighted by molar-refractivity contribution is 9.11. The number of halogens is 1. The Morgan fingerprint density at radius 1 is 1.62 bits per heavy atom. The van der Waals surface area contributed by atoms with Crippen LogP contribution in [0.15, 0.2) is 15.9 Å². The Kier molecular flexibility index (Phi) is 4.94. The van der Waals surface area contributed by atoms with E-state index in [2.05, 4.69) is 40.3 Å². The van der Waals surface area contributed by atoms with Crippen molar-refractivity contribution in [2.24, 2.45) is 0 Å². The number of hydrogen-bond donors (Lipinski definition) is 1. The molecule has 13 heavy (non-hydrogen) atoms. The fourth-order valence-corrected chi connectivity index (χ4v) is 2.46. The lowest BCUT2D eigenvalue weighted by Gasteiger charge is -2.11. The smallest absolute Gasteiger partial charge is 0.0701 e. The predicted molar refractivity (Wildman–Crippen MR) is 60.2 cm³/mol. The van der Waals surface area contributed by atoms with E-state index in [9.17, 15) is 0 Å². The van der Waals surface area contributed by atoms with E-state index < -0.39 is 0 Å². The van der Waals surface area contributed by atoms with Crippen LogP contribution in [0.2, 0.25) is 0 Å². The molecule has 1 atom stereocenters. The highest BCUT2D eigenvalue weighted by atomic mass is 79.9. The van der Waals surface area contributed by atoms with Gasteiger partial charge in [0.2, 0.25) is 0 Å². The zero-order valence-corrected chi connectivity index (χ0v) is 10.2. The van der Waals surface area contributed by atoms with Crippen molar-refractivity contribution in [3.8, 4) is 0 Å². The van der Waals surface area contributed by atoms with Gasteiger partial charge in [-0.2, -0.15) is 0 Å². The zero-order valence-electron chi connectivity index (χ0n) is 7.84. The van der Waals surface area contributed by atoms with Crippen molar-refractivity contribution < 1.29 is 4.74 Å². The summed E-state index contributed by atoms with van der Waals surface area (Å²) >= 11 is 5.20. The van der Waals surface area contributed by atoms with Crippen LogP contribution in [-0.4, -0.2) is 19.8 Å². The van der Waals surface area contributed by atoms with Gasteiger partial charge in [-0.15, -0.1) is 11.3 Å². The van der Waals surface area contributed by atoms with Gasteiger partial charge < -0.3 is 10.1 Å². The standard InChI is InChI=1S/C9H14BrNOS/c1-7(6-12-2)11-5-8-3-4-9(10)13-8/h3-4,7,11H,5-6H2,1-2H3/t7-/m1/s1. The predicted octanol–water partition coefficient (Wildman–Crippen LogP) is 2.64. The first-order valence-corrected chi connectivity index (χ1v) is 5.80. The Balaban J connectivity index is 2.26. The Morgan fingerprint density at radius 2 is 2.38 bits per heavy atom. The topological polar surface area (TPSA) is 21.3 Å². The van der Waals surface area contributed by atoms with Gasteiger partial charge in [0, 0.05) is 24.6 Å². The van der Waals surface area contributed by atoms with Gasteiger partial charge in [-0.05, 0) is 35.0 Å². The molecule has 0 aliphatic rings. The minimum absolute atomic E-state index is 0.408. The minimum Gasteiger partial charge on any atom is -0.383 e. The average molecular weight is 264 g/mol. The fraction of sp³-hybridized carbons (Fsp3) is 0.556. The summed E-state index contributed by atoms with van der Waals surface area (Å²) < 4.78 is 6.21. The molecule has 1 rings (SSSR count). The molecule has 1 heterocycles. The molecule has 1 aromatic rings. The molecule has 2 nitrogen and oxygen atoms in total. The van der Waals surface area contributed by atoms with E-state index in [1.165, 1.54) is 8.66 Å². The van der Waals surface area contributed by atoms with Crippen molar-refractivity contribution in [3.63, 3.8) is 0 Å². The molecule has 0 radical (unpaired) electrons. The van der Waals surface area contributed by atoms with Crippen molar-refractivity contribution in [1.29, 1.82) is 0 Å². The summed E-state index contributed by atoms with van der Waals surface area (Å²) in [6.07, 6.45) is 0. The number of rotatable bonds is 5. The molecule has 0 unspecified atom stereocenters. The van der Waals surface area contributed by atoms with Crippen LogP contribution in [-0.2, 0) is 11.3 Å². The summed E-state index contributed by atoms with van der Waals surface area (Å²) in [6, 6.07) is 4.61. The second-order valence-corrected chi connectivity index (χ2v) is 5.49. The maximum absolute atomic E-state index is 5.03. The van der Waals surface area contributed by atoms with Gasteiger partial charge in [-0.1, -0.05) is 0 Å². The number of ether oxygens (including phenoxy) is 1. The van der Waals surface area contributed by atoms with Crippen LogP contribution in [0.25, 0.3) is 0 Å². The Hall–Kier alpha value is 0.1000. The number of hydrogen-bond acceptors (Lipinski definition) is 3. The third-order valence-corrected chi connectivity index (χ3v) is 3.29. The Bertz CT molecular complexity index is 252. The van der Waals surface area contributed by atoms with Crippen LogP contribution in [0.4, 0.5) is 0 Å². The van der Waals surface area contributed by atoms with E-state index in [0.717, 1.165) is 13.2 Å². The first-order valence-electron chi connectivity index (χ1n) is 4.19. The Morgan fingerprint density at radius 3 is 2.92 bits per heavy atom. The summed E-state index contributed by atoms with van der Waals surface area (Å²) in [5, 5.41) is 3.38. The van der Waals surface area contributed by atoms with Gasteiger partial charge in [0.05, 0.1) is 10.4 Å². The lowest BCUT2D eigenvalue weighted by molar-refractivity contribution is 0.172. The largest absolute Gasteiger partial charge is 0.383 e. The third-order valence-electron chi connectivity index (χ3n) is 1.67. The summed E-state index contributed by atoms with van der Waals surface area (Å²) in [4.78, 5) is 1.34. The van der Waals surface area contributed by atoms with Crippen molar-refractivity contribution in [1.82, 2.24) is 5.32 Å². The maximum Gasteiger partial charge on any atom is 0.0701 e. The molecule has 1 N–H and O–H groups in total. The van der Waals surface area contributed by atoms with Gasteiger partial charge >= 0.3 is 0 Å². The first-order chi connectivity index (χ1) is 6.22. The van der Waals surface area contributed by atoms with Crippen molar-refractivity contribution in [2.45, 2.75) is 19.5 Å². The van der Waals surface area contributed by atoms with Crippen molar-refractivity contribution >= 4 is 27.3 Å². The molecule has 0 aromatic carbocycles. The van der Waals surface area contributed by atoms with E-state index in [0.29, 0.717) is 6.04 Å². The van der Waals surface area contributed by atoms with E-state index >= 15 is 0 Å². The van der Waals surface area contributed by atoms with Gasteiger partial charge in [0.1, 0.15) is 0 Å². The lowest BCUT2D eigenvalue weighted by atomic mass is 10.3. The van der Waals surface area contributed by atoms with E-state index in [-0.39, 0.29) is 0 Å². The number of thiophene rings is 1. The number of methoxy groups -OCH3 is 1. The molecule has 0 bridgehead atoms. The molecule has 74 valence electrons. The molecule has 1 aromatic heterocycles. The fourth-order valence-electron chi connectivity index (χ4n) is 1.03. The van der Waals surface area contributed by atoms with Crippen molar-refractivity contribution in [2.75, 3.05) is 13.7 Å². The summed E-state index contributed by atoms with van der Waals surface area (Å²) in [6.45, 7) is 3.79. The molecule has 0 spiro atoms. The van der Waals surface area contributed by atoms with Gasteiger partial charge in [0.25, 0.3) is 0 Å². The first kappa shape index (κ1) is 11.2. The molecule has 0 aliphatic carbocycles. The highest BCUT2D eigenvalue weighted by Crippen LogP contribution is 2.21. The molecular formula is C9H14BrNOS. The second kappa shape index (κ2) is 5.75. The summed E-state index contributed by atoms with van der Waals surface area (Å²) in [5.74, 6) is 0. The van der Waals surface area contributed by atoms with Crippen LogP contribution in [0.1, 0.15) is 11.8 Å². The number of nitrogens with one attached hydrogen (secondary N) is 1. The average Bonchev–Trinajstić information content (AvgIpc) is 2.49. The molecule has 0 amide bonds. The van der Waals surface area contributed by atoms with E-state index in [1.807, 2.05) is 0 Å². The summed E-state index contributed by atoms with van der Waals surface area (Å²) in [7, 11) is 1.72. The zero-order chi connectivity index (χ0) is 9.68. The summed E-state index contributed by atoms with van der Waals surface area (Å²) in [5.41, 5.74) is 0. The molecule has 0 saturated carbocycles. The van der Waals surface area contributed by atoms with Crippen LogP contribution in [0, 0.1) is 0 Å². The third kappa shape index (κ3) is 4.22. The second-order valence-electron chi connectivity index (χ2n) is 2.94. The molecule has 0 fully saturated rings. The van der Waals surface area contributed by atoms with E-state index in [4.69, 9.17) is 4.74 Å². The highest BCUT2D eigenvalue weighted by Gasteiger charge is 2.01.